The topological polar surface area (TPSA) is 86.8 Å². The molecule has 0 unspecified atom stereocenters. The smallest absolute Gasteiger partial charge is 0.244 e. The van der Waals surface area contributed by atoms with Crippen molar-refractivity contribution >= 4 is 45.0 Å². The Morgan fingerprint density at radius 3 is 2.43 bits per heavy atom. The molecule has 2 aromatic carbocycles. The van der Waals surface area contributed by atoms with Crippen molar-refractivity contribution in [1.82, 2.24) is 4.31 Å². The number of piperidine rings is 1. The maximum atomic E-state index is 13.4. The van der Waals surface area contributed by atoms with Gasteiger partial charge < -0.3 is 10.2 Å². The number of sulfonamides is 1. The van der Waals surface area contributed by atoms with Crippen molar-refractivity contribution in [2.75, 3.05) is 29.9 Å². The van der Waals surface area contributed by atoms with Gasteiger partial charge in [0.1, 0.15) is 6.54 Å². The van der Waals surface area contributed by atoms with Crippen molar-refractivity contribution in [1.29, 1.82) is 0 Å². The van der Waals surface area contributed by atoms with Gasteiger partial charge in [-0.25, -0.2) is 8.42 Å². The fraction of sp³-hybridized carbons (Fsp3) is 0.462. The van der Waals surface area contributed by atoms with E-state index in [9.17, 15) is 18.0 Å². The minimum atomic E-state index is -3.68. The summed E-state index contributed by atoms with van der Waals surface area (Å²) in [6.45, 7) is 6.97. The van der Waals surface area contributed by atoms with Crippen molar-refractivity contribution in [2.45, 2.75) is 61.5 Å². The molecule has 0 saturated carbocycles. The summed E-state index contributed by atoms with van der Waals surface area (Å²) in [4.78, 5) is 28.4. The molecule has 2 aromatic rings. The summed E-state index contributed by atoms with van der Waals surface area (Å²) in [6, 6.07) is 12.6. The van der Waals surface area contributed by atoms with E-state index in [1.54, 1.807) is 18.2 Å². The Balaban J connectivity index is 1.61. The van der Waals surface area contributed by atoms with Crippen molar-refractivity contribution in [2.24, 2.45) is 5.92 Å². The Bertz CT molecular complexity index is 1190. The number of fused-ring (bicyclic) bond motifs is 1. The van der Waals surface area contributed by atoms with Crippen LogP contribution in [0.1, 0.15) is 45.6 Å². The molecule has 2 amide bonds. The van der Waals surface area contributed by atoms with E-state index >= 15 is 0 Å². The van der Waals surface area contributed by atoms with Crippen LogP contribution in [0, 0.1) is 5.92 Å². The molecule has 0 bridgehead atoms. The average Bonchev–Trinajstić information content (AvgIpc) is 2.94. The summed E-state index contributed by atoms with van der Waals surface area (Å²) in [7, 11) is -3.68. The monoisotopic (exact) mass is 515 g/mol. The van der Waals surface area contributed by atoms with Crippen LogP contribution in [0.5, 0.6) is 0 Å². The van der Waals surface area contributed by atoms with E-state index in [1.165, 1.54) is 26.5 Å². The lowest BCUT2D eigenvalue weighted by Crippen LogP contribution is -2.39. The molecule has 2 aliphatic heterocycles. The van der Waals surface area contributed by atoms with Crippen LogP contribution in [0.2, 0.25) is 0 Å². The third-order valence-electron chi connectivity index (χ3n) is 6.64. The van der Waals surface area contributed by atoms with Crippen LogP contribution in [0.3, 0.4) is 0 Å². The molecular formula is C26H33N3O4S2. The highest BCUT2D eigenvalue weighted by Gasteiger charge is 2.32. The van der Waals surface area contributed by atoms with Gasteiger partial charge in [0.15, 0.2) is 0 Å². The van der Waals surface area contributed by atoms with Gasteiger partial charge >= 0.3 is 0 Å². The molecule has 35 heavy (non-hydrogen) atoms. The van der Waals surface area contributed by atoms with E-state index in [4.69, 9.17) is 0 Å². The molecular weight excluding hydrogens is 482 g/mol. The molecule has 1 atom stereocenters. The molecule has 0 aliphatic carbocycles. The molecule has 1 N–H and O–H groups in total. The molecule has 0 spiro atoms. The van der Waals surface area contributed by atoms with E-state index in [0.717, 1.165) is 24.2 Å². The van der Waals surface area contributed by atoms with Gasteiger partial charge in [-0.1, -0.05) is 32.9 Å². The Hall–Kier alpha value is -2.36. The summed E-state index contributed by atoms with van der Waals surface area (Å²) < 4.78 is 28.3. The lowest BCUT2D eigenvalue weighted by molar-refractivity contribution is -0.121. The molecule has 1 fully saturated rings. The number of nitrogens with one attached hydrogen (secondary N) is 1. The number of nitrogens with zero attached hydrogens (tertiary/aromatic N) is 2. The first-order valence-corrected chi connectivity index (χ1v) is 14.5. The molecule has 188 valence electrons. The normalized spacial score (nSPS) is 19.8. The van der Waals surface area contributed by atoms with Gasteiger partial charge in [-0.15, -0.1) is 11.8 Å². The average molecular weight is 516 g/mol. The third kappa shape index (κ3) is 5.90. The molecule has 0 aromatic heterocycles. The molecule has 9 heteroatoms. The Morgan fingerprint density at radius 2 is 1.77 bits per heavy atom. The van der Waals surface area contributed by atoms with Crippen LogP contribution < -0.4 is 10.2 Å². The lowest BCUT2D eigenvalue weighted by Gasteiger charge is -2.30. The fourth-order valence-corrected chi connectivity index (χ4v) is 7.02. The maximum Gasteiger partial charge on any atom is 0.244 e. The SMILES string of the molecule is CCc1ccc(NC(=O)CN2C(=O)C[C@@H](C)Sc3ccc(S(=O)(=O)N4CCC(C)CC4)cc32)cc1. The minimum Gasteiger partial charge on any atom is -0.325 e. The van der Waals surface area contributed by atoms with E-state index < -0.39 is 10.0 Å². The predicted molar refractivity (Wildman–Crippen MR) is 140 cm³/mol. The van der Waals surface area contributed by atoms with Crippen molar-refractivity contribution in [3.63, 3.8) is 0 Å². The summed E-state index contributed by atoms with van der Waals surface area (Å²) in [5, 5.41) is 2.87. The number of rotatable bonds is 6. The zero-order valence-corrected chi connectivity index (χ0v) is 22.1. The first-order valence-electron chi connectivity index (χ1n) is 12.2. The van der Waals surface area contributed by atoms with Crippen molar-refractivity contribution in [3.05, 3.63) is 48.0 Å². The first-order chi connectivity index (χ1) is 16.7. The molecule has 2 aliphatic rings. The highest BCUT2D eigenvalue weighted by Crippen LogP contribution is 2.40. The Morgan fingerprint density at radius 1 is 1.09 bits per heavy atom. The summed E-state index contributed by atoms with van der Waals surface area (Å²) >= 11 is 1.53. The molecule has 2 heterocycles. The number of aryl methyl sites for hydroxylation is 1. The van der Waals surface area contributed by atoms with E-state index in [2.05, 4.69) is 19.2 Å². The maximum absolute atomic E-state index is 13.4. The summed E-state index contributed by atoms with van der Waals surface area (Å²) in [5.41, 5.74) is 2.31. The largest absolute Gasteiger partial charge is 0.325 e. The number of benzene rings is 2. The number of hydrogen-bond donors (Lipinski definition) is 1. The summed E-state index contributed by atoms with van der Waals surface area (Å²) in [6.07, 6.45) is 2.85. The number of carbonyl (C=O) groups excluding carboxylic acids is 2. The zero-order valence-electron chi connectivity index (χ0n) is 20.5. The minimum absolute atomic E-state index is 0.0157. The van der Waals surface area contributed by atoms with Gasteiger partial charge in [-0.2, -0.15) is 4.31 Å². The highest BCUT2D eigenvalue weighted by atomic mass is 32.2. The zero-order chi connectivity index (χ0) is 25.2. The Kier molecular flexibility index (Phi) is 7.88. The number of carbonyl (C=O) groups is 2. The molecule has 1 saturated heterocycles. The van der Waals surface area contributed by atoms with Crippen LogP contribution >= 0.6 is 11.8 Å². The van der Waals surface area contributed by atoms with Crippen LogP contribution in [0.15, 0.2) is 52.3 Å². The van der Waals surface area contributed by atoms with Crippen molar-refractivity contribution < 1.29 is 18.0 Å². The van der Waals surface area contributed by atoms with Crippen LogP contribution in [-0.4, -0.2) is 49.4 Å². The molecule has 0 radical (unpaired) electrons. The van der Waals surface area contributed by atoms with Crippen LogP contribution in [-0.2, 0) is 26.0 Å². The Labute approximate surface area is 212 Å². The van der Waals surface area contributed by atoms with E-state index in [1.807, 2.05) is 31.2 Å². The lowest BCUT2D eigenvalue weighted by atomic mass is 10.0. The van der Waals surface area contributed by atoms with E-state index in [0.29, 0.717) is 30.4 Å². The van der Waals surface area contributed by atoms with Gasteiger partial charge in [0.05, 0.1) is 10.6 Å². The second-order valence-corrected chi connectivity index (χ2v) is 12.8. The number of hydrogen-bond acceptors (Lipinski definition) is 5. The number of anilines is 2. The summed E-state index contributed by atoms with van der Waals surface area (Å²) in [5.74, 6) is -0.0101. The van der Waals surface area contributed by atoms with Crippen LogP contribution in [0.4, 0.5) is 11.4 Å². The number of amides is 2. The second-order valence-electron chi connectivity index (χ2n) is 9.43. The van der Waals surface area contributed by atoms with Crippen molar-refractivity contribution in [3.8, 4) is 0 Å². The number of thioether (sulfide) groups is 1. The quantitative estimate of drug-likeness (QED) is 0.611. The van der Waals surface area contributed by atoms with Crippen LogP contribution in [0.25, 0.3) is 0 Å². The third-order valence-corrected chi connectivity index (χ3v) is 9.70. The predicted octanol–water partition coefficient (Wildman–Crippen LogP) is 4.53. The van der Waals surface area contributed by atoms with Gasteiger partial charge in [-0.3, -0.25) is 9.59 Å². The molecule has 7 nitrogen and oxygen atoms in total. The first kappa shape index (κ1) is 25.7. The highest BCUT2D eigenvalue weighted by molar-refractivity contribution is 8.00. The van der Waals surface area contributed by atoms with E-state index in [-0.39, 0.29) is 34.9 Å². The second kappa shape index (κ2) is 10.7. The van der Waals surface area contributed by atoms with Gasteiger partial charge in [-0.05, 0) is 61.1 Å². The standard InChI is InChI=1S/C26H33N3O4S2/c1-4-20-5-7-21(8-6-20)27-25(30)17-29-23-16-22(9-10-24(23)34-19(3)15-26(29)31)35(32,33)28-13-11-18(2)12-14-28/h5-10,16,18-19H,4,11-15,17H2,1-3H3,(H,27,30)/t19-/m1/s1. The van der Waals surface area contributed by atoms with Gasteiger partial charge in [0, 0.05) is 35.3 Å². The van der Waals surface area contributed by atoms with Gasteiger partial charge in [0.25, 0.3) is 0 Å². The molecule has 4 rings (SSSR count). The van der Waals surface area contributed by atoms with Gasteiger partial charge in [0.2, 0.25) is 21.8 Å². The fourth-order valence-electron chi connectivity index (χ4n) is 4.43.